The van der Waals surface area contributed by atoms with E-state index in [4.69, 9.17) is 21.1 Å². The molecular formula is C23H21ClFN3O4. The van der Waals surface area contributed by atoms with Gasteiger partial charge >= 0.3 is 0 Å². The molecule has 0 aliphatic carbocycles. The van der Waals surface area contributed by atoms with Gasteiger partial charge in [0.2, 0.25) is 0 Å². The third kappa shape index (κ3) is 4.19. The van der Waals surface area contributed by atoms with Crippen LogP contribution in [0.25, 0.3) is 0 Å². The van der Waals surface area contributed by atoms with Gasteiger partial charge < -0.3 is 24.8 Å². The molecule has 2 heterocycles. The number of anilines is 3. The molecule has 9 heteroatoms. The molecule has 0 spiro atoms. The van der Waals surface area contributed by atoms with Crippen LogP contribution in [-0.2, 0) is 0 Å². The van der Waals surface area contributed by atoms with E-state index in [-0.39, 0.29) is 30.2 Å². The lowest BCUT2D eigenvalue weighted by atomic mass is 10.1. The van der Waals surface area contributed by atoms with Crippen molar-refractivity contribution in [1.29, 1.82) is 0 Å². The van der Waals surface area contributed by atoms with Crippen molar-refractivity contribution in [2.24, 2.45) is 0 Å². The molecule has 1 aliphatic heterocycles. The van der Waals surface area contributed by atoms with Gasteiger partial charge in [0.25, 0.3) is 5.91 Å². The van der Waals surface area contributed by atoms with Gasteiger partial charge in [-0.2, -0.15) is 0 Å². The first kappa shape index (κ1) is 21.9. The van der Waals surface area contributed by atoms with Gasteiger partial charge in [-0.1, -0.05) is 17.7 Å². The number of aliphatic hydroxyl groups excluding tert-OH is 1. The molecule has 0 saturated carbocycles. The van der Waals surface area contributed by atoms with Crippen molar-refractivity contribution in [3.63, 3.8) is 0 Å². The zero-order chi connectivity index (χ0) is 22.7. The van der Waals surface area contributed by atoms with E-state index in [1.165, 1.54) is 12.1 Å². The molecule has 166 valence electrons. The van der Waals surface area contributed by atoms with Crippen molar-refractivity contribution in [3.05, 3.63) is 71.1 Å². The van der Waals surface area contributed by atoms with Crippen molar-refractivity contribution in [2.75, 3.05) is 30.0 Å². The Morgan fingerprint density at radius 1 is 1.34 bits per heavy atom. The van der Waals surface area contributed by atoms with Gasteiger partial charge in [0.05, 0.1) is 35.5 Å². The minimum atomic E-state index is -0.572. The van der Waals surface area contributed by atoms with E-state index in [0.717, 1.165) is 0 Å². The highest BCUT2D eigenvalue weighted by Gasteiger charge is 2.33. The first-order chi connectivity index (χ1) is 15.5. The summed E-state index contributed by atoms with van der Waals surface area (Å²) >= 11 is 6.35. The van der Waals surface area contributed by atoms with Crippen LogP contribution < -0.4 is 19.7 Å². The zero-order valence-electron chi connectivity index (χ0n) is 17.2. The van der Waals surface area contributed by atoms with Gasteiger partial charge in [0, 0.05) is 18.0 Å². The predicted octanol–water partition coefficient (Wildman–Crippen LogP) is 4.42. The Labute approximate surface area is 189 Å². The van der Waals surface area contributed by atoms with Crippen LogP contribution in [0.15, 0.2) is 54.7 Å². The molecule has 2 aromatic carbocycles. The molecule has 0 saturated heterocycles. The summed E-state index contributed by atoms with van der Waals surface area (Å²) in [6, 6.07) is 12.2. The Bertz CT molecular complexity index is 1140. The number of para-hydroxylation sites is 1. The van der Waals surface area contributed by atoms with Crippen molar-refractivity contribution in [3.8, 4) is 11.5 Å². The number of pyridine rings is 1. The molecule has 1 atom stereocenters. The van der Waals surface area contributed by atoms with Crippen molar-refractivity contribution < 1.29 is 23.8 Å². The topological polar surface area (TPSA) is 83.9 Å². The van der Waals surface area contributed by atoms with Crippen molar-refractivity contribution in [1.82, 2.24) is 4.98 Å². The van der Waals surface area contributed by atoms with Crippen LogP contribution >= 0.6 is 11.6 Å². The minimum Gasteiger partial charge on any atom is -0.491 e. The highest BCUT2D eigenvalue weighted by Crippen LogP contribution is 2.42. The molecule has 4 rings (SSSR count). The number of hydrogen-bond donors (Lipinski definition) is 2. The van der Waals surface area contributed by atoms with E-state index in [0.29, 0.717) is 28.9 Å². The molecule has 1 unspecified atom stereocenters. The lowest BCUT2D eigenvalue weighted by Gasteiger charge is -2.37. The number of amides is 1. The Hall–Kier alpha value is -3.36. The van der Waals surface area contributed by atoms with Crippen molar-refractivity contribution in [2.45, 2.75) is 13.0 Å². The third-order valence-electron chi connectivity index (χ3n) is 4.95. The number of benzene rings is 2. The highest BCUT2D eigenvalue weighted by molar-refractivity contribution is 6.33. The molecule has 0 fully saturated rings. The van der Waals surface area contributed by atoms with Crippen LogP contribution in [0.1, 0.15) is 17.3 Å². The number of rotatable bonds is 6. The summed E-state index contributed by atoms with van der Waals surface area (Å²) in [7, 11) is 0. The van der Waals surface area contributed by atoms with Crippen LogP contribution in [0.4, 0.5) is 21.6 Å². The molecule has 1 aromatic heterocycles. The van der Waals surface area contributed by atoms with Gasteiger partial charge in [0.1, 0.15) is 6.61 Å². The maximum Gasteiger partial charge on any atom is 0.259 e. The fourth-order valence-electron chi connectivity index (χ4n) is 3.52. The maximum absolute atomic E-state index is 14.2. The first-order valence-electron chi connectivity index (χ1n) is 10.0. The summed E-state index contributed by atoms with van der Waals surface area (Å²) in [5, 5.41) is 13.0. The molecule has 0 radical (unpaired) electrons. The normalized spacial score (nSPS) is 15.0. The van der Waals surface area contributed by atoms with E-state index in [9.17, 15) is 14.3 Å². The number of nitrogens with one attached hydrogen (secondary N) is 1. The molecule has 2 N–H and O–H groups in total. The van der Waals surface area contributed by atoms with Crippen LogP contribution in [0.3, 0.4) is 0 Å². The second-order valence-corrected chi connectivity index (χ2v) is 7.42. The number of carbonyl (C=O) groups is 1. The standard InChI is InChI=1S/C23H21ClFN3O4/c1-2-31-20-9-8-14(11-18(20)25)27-23(30)16-5-3-7-19-21(16)32-13-15(12-29)28(19)22-17(24)6-4-10-26-22/h3-11,15,29H,2,12-13H2,1H3,(H,27,30). The molecule has 7 nitrogen and oxygen atoms in total. The molecule has 32 heavy (non-hydrogen) atoms. The van der Waals surface area contributed by atoms with E-state index >= 15 is 0 Å². The van der Waals surface area contributed by atoms with Crippen LogP contribution in [0.2, 0.25) is 5.02 Å². The monoisotopic (exact) mass is 457 g/mol. The predicted molar refractivity (Wildman–Crippen MR) is 120 cm³/mol. The number of ether oxygens (including phenoxy) is 2. The Kier molecular flexibility index (Phi) is 6.43. The lowest BCUT2D eigenvalue weighted by molar-refractivity contribution is 0.102. The van der Waals surface area contributed by atoms with Gasteiger partial charge in [-0.05, 0) is 43.3 Å². The third-order valence-corrected chi connectivity index (χ3v) is 5.25. The van der Waals surface area contributed by atoms with E-state index < -0.39 is 17.8 Å². The largest absolute Gasteiger partial charge is 0.491 e. The van der Waals surface area contributed by atoms with Crippen LogP contribution in [0, 0.1) is 5.82 Å². The van der Waals surface area contributed by atoms with Crippen LogP contribution in [0.5, 0.6) is 11.5 Å². The average molecular weight is 458 g/mol. The maximum atomic E-state index is 14.2. The van der Waals surface area contributed by atoms with Gasteiger partial charge in [-0.15, -0.1) is 0 Å². The highest BCUT2D eigenvalue weighted by atomic mass is 35.5. The number of halogens is 2. The van der Waals surface area contributed by atoms with Crippen molar-refractivity contribution >= 4 is 34.7 Å². The Morgan fingerprint density at radius 2 is 2.19 bits per heavy atom. The summed E-state index contributed by atoms with van der Waals surface area (Å²) in [6.45, 7) is 2.02. The number of carbonyl (C=O) groups excluding carboxylic acids is 1. The SMILES string of the molecule is CCOc1ccc(NC(=O)c2cccc3c2OCC(CO)N3c2ncccc2Cl)cc1F. The van der Waals surface area contributed by atoms with Gasteiger partial charge in [-0.3, -0.25) is 4.79 Å². The number of nitrogens with zero attached hydrogens (tertiary/aromatic N) is 2. The number of aliphatic hydroxyl groups is 1. The summed E-state index contributed by atoms with van der Waals surface area (Å²) in [5.74, 6) is -0.159. The summed E-state index contributed by atoms with van der Waals surface area (Å²) < 4.78 is 25.2. The smallest absolute Gasteiger partial charge is 0.259 e. The Morgan fingerprint density at radius 3 is 2.91 bits per heavy atom. The fraction of sp³-hybridized carbons (Fsp3) is 0.217. The number of aromatic nitrogens is 1. The zero-order valence-corrected chi connectivity index (χ0v) is 18.0. The second-order valence-electron chi connectivity index (χ2n) is 7.01. The quantitative estimate of drug-likeness (QED) is 0.570. The van der Waals surface area contributed by atoms with E-state index in [2.05, 4.69) is 10.3 Å². The molecule has 1 aliphatic rings. The Balaban J connectivity index is 1.68. The average Bonchev–Trinajstić information content (AvgIpc) is 2.80. The van der Waals surface area contributed by atoms with E-state index in [1.807, 2.05) is 0 Å². The number of hydrogen-bond acceptors (Lipinski definition) is 6. The van der Waals surface area contributed by atoms with E-state index in [1.54, 1.807) is 54.4 Å². The molecule has 1 amide bonds. The number of fused-ring (bicyclic) bond motifs is 1. The summed E-state index contributed by atoms with van der Waals surface area (Å²) in [5.41, 5.74) is 1.08. The molecule has 3 aromatic rings. The minimum absolute atomic E-state index is 0.115. The fourth-order valence-corrected chi connectivity index (χ4v) is 3.73. The lowest BCUT2D eigenvalue weighted by Crippen LogP contribution is -2.43. The second kappa shape index (κ2) is 9.42. The van der Waals surface area contributed by atoms with Gasteiger partial charge in [0.15, 0.2) is 23.1 Å². The summed E-state index contributed by atoms with van der Waals surface area (Å²) in [6.07, 6.45) is 1.60. The molecular weight excluding hydrogens is 437 g/mol. The van der Waals surface area contributed by atoms with Crippen LogP contribution in [-0.4, -0.2) is 41.9 Å². The first-order valence-corrected chi connectivity index (χ1v) is 10.4. The van der Waals surface area contributed by atoms with Gasteiger partial charge in [-0.25, -0.2) is 9.37 Å². The molecule has 0 bridgehead atoms. The summed E-state index contributed by atoms with van der Waals surface area (Å²) in [4.78, 5) is 19.1.